The summed E-state index contributed by atoms with van der Waals surface area (Å²) in [7, 11) is -4.19. The van der Waals surface area contributed by atoms with Crippen molar-refractivity contribution in [2.24, 2.45) is 0 Å². The fraction of sp³-hybridized carbons (Fsp3) is 0.0625. The number of sulfonamides is 1. The van der Waals surface area contributed by atoms with Gasteiger partial charge in [-0.3, -0.25) is 10.2 Å². The number of halogens is 3. The van der Waals surface area contributed by atoms with Gasteiger partial charge in [0.2, 0.25) is 0 Å². The molecule has 0 saturated carbocycles. The van der Waals surface area contributed by atoms with Gasteiger partial charge in [0.05, 0.1) is 10.5 Å². The topological polar surface area (TPSA) is 100 Å². The Hall–Kier alpha value is -3.05. The number of nitrogens with one attached hydrogen (secondary N) is 3. The van der Waals surface area contributed by atoms with Crippen molar-refractivity contribution in [3.8, 4) is 5.75 Å². The van der Waals surface area contributed by atoms with E-state index < -0.39 is 28.0 Å². The SMILES string of the molecule is O=C(NNS(=O)(=O)c1ccc(OC(F)(F)F)cc1)c1c[nH]c2ccccc12. The molecule has 27 heavy (non-hydrogen) atoms. The van der Waals surface area contributed by atoms with Gasteiger partial charge in [-0.25, -0.2) is 8.42 Å². The molecule has 0 unspecified atom stereocenters. The maximum atomic E-state index is 12.2. The zero-order chi connectivity index (χ0) is 19.7. The minimum Gasteiger partial charge on any atom is -0.406 e. The predicted octanol–water partition coefficient (Wildman–Crippen LogP) is 2.69. The molecule has 1 amide bonds. The highest BCUT2D eigenvalue weighted by atomic mass is 32.2. The van der Waals surface area contributed by atoms with Gasteiger partial charge in [-0.05, 0) is 30.3 Å². The first-order chi connectivity index (χ1) is 12.7. The van der Waals surface area contributed by atoms with Crippen molar-refractivity contribution < 1.29 is 31.1 Å². The molecule has 0 spiro atoms. The van der Waals surface area contributed by atoms with Crippen LogP contribution in [0.2, 0.25) is 0 Å². The molecule has 142 valence electrons. The van der Waals surface area contributed by atoms with E-state index in [4.69, 9.17) is 0 Å². The van der Waals surface area contributed by atoms with Crippen LogP contribution in [0.5, 0.6) is 5.75 Å². The summed E-state index contributed by atoms with van der Waals surface area (Å²) in [5, 5.41) is 0.600. The lowest BCUT2D eigenvalue weighted by molar-refractivity contribution is -0.274. The molecule has 3 rings (SSSR count). The van der Waals surface area contributed by atoms with Crippen LogP contribution in [0.4, 0.5) is 13.2 Å². The Labute approximate surface area is 151 Å². The Balaban J connectivity index is 1.70. The Kier molecular flexibility index (Phi) is 4.81. The van der Waals surface area contributed by atoms with Crippen LogP contribution in [0.3, 0.4) is 0 Å². The summed E-state index contributed by atoms with van der Waals surface area (Å²) in [5.74, 6) is -1.27. The summed E-state index contributed by atoms with van der Waals surface area (Å²) in [6.07, 6.45) is -3.45. The van der Waals surface area contributed by atoms with E-state index in [1.807, 2.05) is 4.83 Å². The maximum absolute atomic E-state index is 12.2. The van der Waals surface area contributed by atoms with Gasteiger partial charge in [-0.1, -0.05) is 18.2 Å². The van der Waals surface area contributed by atoms with E-state index in [0.717, 1.165) is 24.3 Å². The molecule has 1 aromatic heterocycles. The van der Waals surface area contributed by atoms with E-state index in [1.54, 1.807) is 24.3 Å². The maximum Gasteiger partial charge on any atom is 0.573 e. The molecule has 0 atom stereocenters. The zero-order valence-electron chi connectivity index (χ0n) is 13.4. The molecule has 3 aromatic rings. The largest absolute Gasteiger partial charge is 0.573 e. The van der Waals surface area contributed by atoms with E-state index in [2.05, 4.69) is 15.1 Å². The van der Waals surface area contributed by atoms with Gasteiger partial charge < -0.3 is 9.72 Å². The second kappa shape index (κ2) is 6.93. The number of alkyl halides is 3. The molecule has 1 heterocycles. The van der Waals surface area contributed by atoms with Crippen LogP contribution in [-0.4, -0.2) is 25.7 Å². The van der Waals surface area contributed by atoms with Crippen molar-refractivity contribution in [1.29, 1.82) is 0 Å². The van der Waals surface area contributed by atoms with Crippen LogP contribution in [0.15, 0.2) is 59.6 Å². The molecule has 11 heteroatoms. The molecular weight excluding hydrogens is 387 g/mol. The van der Waals surface area contributed by atoms with E-state index in [1.165, 1.54) is 6.20 Å². The van der Waals surface area contributed by atoms with Crippen molar-refractivity contribution in [2.45, 2.75) is 11.3 Å². The van der Waals surface area contributed by atoms with Crippen LogP contribution in [0.1, 0.15) is 10.4 Å². The van der Waals surface area contributed by atoms with E-state index in [9.17, 15) is 26.4 Å². The molecule has 0 aliphatic carbocycles. The first kappa shape index (κ1) is 18.7. The molecule has 0 aliphatic rings. The third-order valence-electron chi connectivity index (χ3n) is 3.50. The number of H-pyrrole nitrogens is 1. The van der Waals surface area contributed by atoms with E-state index in [0.29, 0.717) is 10.9 Å². The molecule has 0 aliphatic heterocycles. The van der Waals surface area contributed by atoms with E-state index in [-0.39, 0.29) is 10.5 Å². The summed E-state index contributed by atoms with van der Waals surface area (Å²) in [4.78, 5) is 16.6. The average molecular weight is 399 g/mol. The lowest BCUT2D eigenvalue weighted by Crippen LogP contribution is -2.41. The number of amides is 1. The minimum atomic E-state index is -4.88. The lowest BCUT2D eigenvalue weighted by atomic mass is 10.2. The fourth-order valence-corrected chi connectivity index (χ4v) is 3.16. The molecule has 0 saturated heterocycles. The quantitative estimate of drug-likeness (QED) is 0.575. The highest BCUT2D eigenvalue weighted by molar-refractivity contribution is 7.89. The normalized spacial score (nSPS) is 12.1. The van der Waals surface area contributed by atoms with Gasteiger partial charge in [0.25, 0.3) is 15.9 Å². The first-order valence-corrected chi connectivity index (χ1v) is 8.88. The Morgan fingerprint density at radius 1 is 1.04 bits per heavy atom. The number of carbonyl (C=O) groups excluding carboxylic acids is 1. The number of hydrogen-bond donors (Lipinski definition) is 3. The Bertz CT molecular complexity index is 1080. The second-order valence-electron chi connectivity index (χ2n) is 5.33. The zero-order valence-corrected chi connectivity index (χ0v) is 14.2. The van der Waals surface area contributed by atoms with Gasteiger partial charge in [0.1, 0.15) is 5.75 Å². The molecular formula is C16H12F3N3O4S. The molecule has 3 N–H and O–H groups in total. The lowest BCUT2D eigenvalue weighted by Gasteiger charge is -2.10. The van der Waals surface area contributed by atoms with Gasteiger partial charge >= 0.3 is 6.36 Å². The summed E-state index contributed by atoms with van der Waals surface area (Å²) < 4.78 is 64.4. The molecule has 0 fully saturated rings. The third kappa shape index (κ3) is 4.38. The van der Waals surface area contributed by atoms with Crippen LogP contribution in [0, 0.1) is 0 Å². The van der Waals surface area contributed by atoms with Crippen LogP contribution < -0.4 is 15.0 Å². The molecule has 2 aromatic carbocycles. The molecule has 0 bridgehead atoms. The number of aromatic amines is 1. The molecule has 0 radical (unpaired) electrons. The fourth-order valence-electron chi connectivity index (χ4n) is 2.32. The number of ether oxygens (including phenoxy) is 1. The van der Waals surface area contributed by atoms with Crippen molar-refractivity contribution in [3.05, 3.63) is 60.3 Å². The number of rotatable bonds is 5. The van der Waals surface area contributed by atoms with Crippen molar-refractivity contribution in [3.63, 3.8) is 0 Å². The van der Waals surface area contributed by atoms with Gasteiger partial charge in [0.15, 0.2) is 0 Å². The van der Waals surface area contributed by atoms with Crippen molar-refractivity contribution >= 4 is 26.8 Å². The number of para-hydroxylation sites is 1. The third-order valence-corrected chi connectivity index (χ3v) is 4.76. The number of fused-ring (bicyclic) bond motifs is 1. The van der Waals surface area contributed by atoms with Gasteiger partial charge in [0, 0.05) is 17.1 Å². The molecule has 7 nitrogen and oxygen atoms in total. The average Bonchev–Trinajstić information content (AvgIpc) is 3.03. The number of carbonyl (C=O) groups is 1. The predicted molar refractivity (Wildman–Crippen MR) is 89.2 cm³/mol. The standard InChI is InChI=1S/C16H12F3N3O4S/c17-16(18,19)26-10-5-7-11(8-6-10)27(24,25)22-21-15(23)13-9-20-14-4-2-1-3-12(13)14/h1-9,20,22H,(H,21,23). The highest BCUT2D eigenvalue weighted by Crippen LogP contribution is 2.23. The van der Waals surface area contributed by atoms with E-state index >= 15 is 0 Å². The number of benzene rings is 2. The summed E-state index contributed by atoms with van der Waals surface area (Å²) >= 11 is 0. The Morgan fingerprint density at radius 2 is 1.70 bits per heavy atom. The summed E-state index contributed by atoms with van der Waals surface area (Å²) in [5.41, 5.74) is 2.98. The monoisotopic (exact) mass is 399 g/mol. The number of hydrazine groups is 1. The second-order valence-corrected chi connectivity index (χ2v) is 7.01. The van der Waals surface area contributed by atoms with Gasteiger partial charge in [-0.15, -0.1) is 18.0 Å². The highest BCUT2D eigenvalue weighted by Gasteiger charge is 2.31. The summed E-state index contributed by atoms with van der Waals surface area (Å²) in [6, 6.07) is 10.5. The first-order valence-electron chi connectivity index (χ1n) is 7.40. The minimum absolute atomic E-state index is 0.224. The summed E-state index contributed by atoms with van der Waals surface area (Å²) in [6.45, 7) is 0. The van der Waals surface area contributed by atoms with Crippen molar-refractivity contribution in [1.82, 2.24) is 15.2 Å². The number of aromatic nitrogens is 1. The van der Waals surface area contributed by atoms with Crippen LogP contribution >= 0.6 is 0 Å². The van der Waals surface area contributed by atoms with Crippen molar-refractivity contribution in [2.75, 3.05) is 0 Å². The number of hydrogen-bond acceptors (Lipinski definition) is 4. The van der Waals surface area contributed by atoms with Crippen LogP contribution in [-0.2, 0) is 10.0 Å². The van der Waals surface area contributed by atoms with Crippen LogP contribution in [0.25, 0.3) is 10.9 Å². The van der Waals surface area contributed by atoms with Gasteiger partial charge in [-0.2, -0.15) is 0 Å². The Morgan fingerprint density at radius 3 is 2.37 bits per heavy atom. The smallest absolute Gasteiger partial charge is 0.406 e.